The summed E-state index contributed by atoms with van der Waals surface area (Å²) in [5, 5.41) is 4.37. The van der Waals surface area contributed by atoms with Crippen molar-refractivity contribution in [3.8, 4) is 22.3 Å². The van der Waals surface area contributed by atoms with Gasteiger partial charge in [-0.2, -0.15) is 0 Å². The number of fused-ring (bicyclic) bond motifs is 1. The molecular formula is C24H20ClN3O. The highest BCUT2D eigenvalue weighted by Gasteiger charge is 2.18. The van der Waals surface area contributed by atoms with Gasteiger partial charge in [0.25, 0.3) is 5.91 Å². The first kappa shape index (κ1) is 19.1. The number of amides is 1. The van der Waals surface area contributed by atoms with E-state index in [0.717, 1.165) is 44.3 Å². The first-order valence-corrected chi connectivity index (χ1v) is 9.70. The van der Waals surface area contributed by atoms with E-state index >= 15 is 0 Å². The van der Waals surface area contributed by atoms with Crippen molar-refractivity contribution in [3.05, 3.63) is 82.8 Å². The van der Waals surface area contributed by atoms with Gasteiger partial charge in [-0.05, 0) is 83.6 Å². The van der Waals surface area contributed by atoms with E-state index in [0.29, 0.717) is 10.7 Å². The van der Waals surface area contributed by atoms with E-state index in [4.69, 9.17) is 11.6 Å². The Morgan fingerprint density at radius 3 is 2.31 bits per heavy atom. The number of pyridine rings is 2. The fourth-order valence-corrected chi connectivity index (χ4v) is 3.95. The zero-order valence-electron chi connectivity index (χ0n) is 16.5. The highest BCUT2D eigenvalue weighted by molar-refractivity contribution is 6.30. The highest BCUT2D eigenvalue weighted by atomic mass is 35.5. The van der Waals surface area contributed by atoms with E-state index in [9.17, 15) is 4.79 Å². The second-order valence-electron chi connectivity index (χ2n) is 6.96. The Bertz CT molecular complexity index is 1220. The molecule has 0 fully saturated rings. The van der Waals surface area contributed by atoms with Crippen molar-refractivity contribution < 1.29 is 4.79 Å². The minimum absolute atomic E-state index is 0.212. The fourth-order valence-electron chi connectivity index (χ4n) is 3.83. The second kappa shape index (κ2) is 7.64. The zero-order chi connectivity index (χ0) is 20.5. The summed E-state index contributed by atoms with van der Waals surface area (Å²) < 4.78 is 0. The molecule has 0 saturated heterocycles. The van der Waals surface area contributed by atoms with Crippen LogP contribution in [0.3, 0.4) is 0 Å². The van der Waals surface area contributed by atoms with Crippen LogP contribution in [0.2, 0.25) is 5.02 Å². The maximum Gasteiger partial charge on any atom is 0.269 e. The molecule has 0 saturated carbocycles. The predicted octanol–water partition coefficient (Wildman–Crippen LogP) is 5.59. The molecule has 0 aliphatic heterocycles. The monoisotopic (exact) mass is 401 g/mol. The molecular weight excluding hydrogens is 382 g/mol. The van der Waals surface area contributed by atoms with Crippen molar-refractivity contribution in [3.63, 3.8) is 0 Å². The molecule has 0 aliphatic carbocycles. The van der Waals surface area contributed by atoms with Gasteiger partial charge in [-0.25, -0.2) is 4.98 Å². The predicted molar refractivity (Wildman–Crippen MR) is 118 cm³/mol. The number of benzene rings is 2. The first-order valence-electron chi connectivity index (χ1n) is 9.33. The number of hydrogen-bond donors (Lipinski definition) is 1. The van der Waals surface area contributed by atoms with E-state index < -0.39 is 0 Å². The molecule has 4 nitrogen and oxygen atoms in total. The van der Waals surface area contributed by atoms with E-state index in [1.165, 1.54) is 0 Å². The third-order valence-corrected chi connectivity index (χ3v) is 5.38. The lowest BCUT2D eigenvalue weighted by Crippen LogP contribution is -2.19. The molecule has 2 aromatic heterocycles. The van der Waals surface area contributed by atoms with Crippen molar-refractivity contribution in [2.45, 2.75) is 13.8 Å². The number of hydrogen-bond acceptors (Lipinski definition) is 3. The molecule has 144 valence electrons. The van der Waals surface area contributed by atoms with Crippen LogP contribution in [0.4, 0.5) is 0 Å². The van der Waals surface area contributed by atoms with Crippen LogP contribution < -0.4 is 5.32 Å². The summed E-state index contributed by atoms with van der Waals surface area (Å²) >= 11 is 6.10. The van der Waals surface area contributed by atoms with E-state index in [1.54, 1.807) is 19.4 Å². The van der Waals surface area contributed by atoms with Gasteiger partial charge in [0.1, 0.15) is 5.69 Å². The topological polar surface area (TPSA) is 54.9 Å². The summed E-state index contributed by atoms with van der Waals surface area (Å²) in [6, 6.07) is 15.6. The molecule has 0 unspecified atom stereocenters. The molecule has 1 amide bonds. The molecule has 4 aromatic rings. The molecule has 0 aliphatic rings. The average Bonchev–Trinajstić information content (AvgIpc) is 2.73. The molecule has 29 heavy (non-hydrogen) atoms. The van der Waals surface area contributed by atoms with Gasteiger partial charge >= 0.3 is 0 Å². The number of carbonyl (C=O) groups is 1. The molecule has 5 heteroatoms. The minimum Gasteiger partial charge on any atom is -0.354 e. The lowest BCUT2D eigenvalue weighted by molar-refractivity contribution is 0.0958. The fraction of sp³-hybridized carbons (Fsp3) is 0.125. The van der Waals surface area contributed by atoms with Gasteiger partial charge in [0.05, 0.1) is 5.52 Å². The van der Waals surface area contributed by atoms with Gasteiger partial charge in [-0.1, -0.05) is 23.7 Å². The Kier molecular flexibility index (Phi) is 5.03. The van der Waals surface area contributed by atoms with Gasteiger partial charge in [-0.3, -0.25) is 9.78 Å². The van der Waals surface area contributed by atoms with Crippen LogP contribution in [0.25, 0.3) is 33.2 Å². The highest BCUT2D eigenvalue weighted by Crippen LogP contribution is 2.38. The lowest BCUT2D eigenvalue weighted by Gasteiger charge is -2.17. The molecule has 0 atom stereocenters. The minimum atomic E-state index is -0.212. The quantitative estimate of drug-likeness (QED) is 0.486. The molecule has 2 heterocycles. The smallest absolute Gasteiger partial charge is 0.269 e. The van der Waals surface area contributed by atoms with Crippen molar-refractivity contribution in [1.82, 2.24) is 15.3 Å². The number of nitrogens with zero attached hydrogens (tertiary/aromatic N) is 2. The number of aryl methyl sites for hydroxylation is 2. The lowest BCUT2D eigenvalue weighted by atomic mass is 9.89. The van der Waals surface area contributed by atoms with Crippen LogP contribution >= 0.6 is 11.6 Å². The number of aromatic nitrogens is 2. The van der Waals surface area contributed by atoms with Gasteiger partial charge in [0.15, 0.2) is 0 Å². The Labute approximate surface area is 174 Å². The van der Waals surface area contributed by atoms with Crippen LogP contribution in [0.15, 0.2) is 60.9 Å². The number of halogens is 1. The molecule has 0 bridgehead atoms. The molecule has 0 radical (unpaired) electrons. The molecule has 2 aromatic carbocycles. The second-order valence-corrected chi connectivity index (χ2v) is 7.40. The van der Waals surface area contributed by atoms with Crippen molar-refractivity contribution in [1.29, 1.82) is 0 Å². The van der Waals surface area contributed by atoms with Gasteiger partial charge in [0, 0.05) is 29.9 Å². The van der Waals surface area contributed by atoms with E-state index in [2.05, 4.69) is 29.1 Å². The Morgan fingerprint density at radius 2 is 1.66 bits per heavy atom. The summed E-state index contributed by atoms with van der Waals surface area (Å²) in [6.45, 7) is 4.17. The molecule has 4 rings (SSSR count). The van der Waals surface area contributed by atoms with Crippen LogP contribution in [-0.2, 0) is 0 Å². The Morgan fingerprint density at radius 1 is 0.966 bits per heavy atom. The standard InChI is InChI=1S/C24H20ClN3O/c1-14-12-20-23(15(2)22(14)17-8-10-27-11-9-17)19(13-21(28-20)24(29)26-3)16-4-6-18(25)7-5-16/h4-13H,1-3H3,(H,26,29). The van der Waals surface area contributed by atoms with Crippen molar-refractivity contribution in [2.24, 2.45) is 0 Å². The van der Waals surface area contributed by atoms with Gasteiger partial charge < -0.3 is 5.32 Å². The van der Waals surface area contributed by atoms with Gasteiger partial charge in [-0.15, -0.1) is 0 Å². The molecule has 1 N–H and O–H groups in total. The number of nitrogens with one attached hydrogen (secondary N) is 1. The summed E-state index contributed by atoms with van der Waals surface area (Å²) in [5.41, 5.74) is 7.61. The maximum atomic E-state index is 12.4. The summed E-state index contributed by atoms with van der Waals surface area (Å²) in [4.78, 5) is 21.1. The Balaban J connectivity index is 2.09. The SMILES string of the molecule is CNC(=O)c1cc(-c2ccc(Cl)cc2)c2c(C)c(-c3ccncc3)c(C)cc2n1. The van der Waals surface area contributed by atoms with Crippen molar-refractivity contribution >= 4 is 28.4 Å². The van der Waals surface area contributed by atoms with Crippen LogP contribution in [0, 0.1) is 13.8 Å². The van der Waals surface area contributed by atoms with Crippen LogP contribution in [0.1, 0.15) is 21.6 Å². The van der Waals surface area contributed by atoms with Crippen LogP contribution in [0.5, 0.6) is 0 Å². The summed E-state index contributed by atoms with van der Waals surface area (Å²) in [5.74, 6) is -0.212. The normalized spacial score (nSPS) is 10.9. The maximum absolute atomic E-state index is 12.4. The zero-order valence-corrected chi connectivity index (χ0v) is 17.2. The number of rotatable bonds is 3. The van der Waals surface area contributed by atoms with E-state index in [1.807, 2.05) is 48.5 Å². The molecule has 0 spiro atoms. The van der Waals surface area contributed by atoms with Gasteiger partial charge in [0.2, 0.25) is 0 Å². The Hall–Kier alpha value is -3.24. The average molecular weight is 402 g/mol. The largest absolute Gasteiger partial charge is 0.354 e. The summed E-state index contributed by atoms with van der Waals surface area (Å²) in [6.07, 6.45) is 3.59. The number of carbonyl (C=O) groups excluding carboxylic acids is 1. The van der Waals surface area contributed by atoms with Crippen LogP contribution in [-0.4, -0.2) is 22.9 Å². The van der Waals surface area contributed by atoms with E-state index in [-0.39, 0.29) is 5.91 Å². The third-order valence-electron chi connectivity index (χ3n) is 5.13. The summed E-state index contributed by atoms with van der Waals surface area (Å²) in [7, 11) is 1.61. The first-order chi connectivity index (χ1) is 14.0. The third kappa shape index (κ3) is 3.47. The van der Waals surface area contributed by atoms with Crippen molar-refractivity contribution in [2.75, 3.05) is 7.05 Å².